The van der Waals surface area contributed by atoms with Crippen LogP contribution in [0.3, 0.4) is 0 Å². The van der Waals surface area contributed by atoms with Gasteiger partial charge in [-0.1, -0.05) is 12.1 Å². The summed E-state index contributed by atoms with van der Waals surface area (Å²) in [5.41, 5.74) is 7.04. The van der Waals surface area contributed by atoms with Crippen LogP contribution in [0.25, 0.3) is 22.2 Å². The van der Waals surface area contributed by atoms with Crippen molar-refractivity contribution in [2.75, 3.05) is 13.6 Å². The molecule has 0 saturated carbocycles. The highest BCUT2D eigenvalue weighted by molar-refractivity contribution is 7.89. The van der Waals surface area contributed by atoms with Gasteiger partial charge in [0.05, 0.1) is 28.8 Å². The smallest absolute Gasteiger partial charge is 0.240 e. The van der Waals surface area contributed by atoms with Gasteiger partial charge in [-0.15, -0.1) is 12.4 Å². The maximum absolute atomic E-state index is 14.2. The Balaban J connectivity index is 0.00000280. The van der Waals surface area contributed by atoms with E-state index in [-0.39, 0.29) is 30.4 Å². The number of rotatable bonds is 6. The first-order valence-corrected chi connectivity index (χ1v) is 9.57. The van der Waals surface area contributed by atoms with Crippen molar-refractivity contribution in [2.24, 2.45) is 5.73 Å². The lowest BCUT2D eigenvalue weighted by Gasteiger charge is -2.08. The molecule has 0 bridgehead atoms. The van der Waals surface area contributed by atoms with Crippen molar-refractivity contribution in [3.05, 3.63) is 60.4 Å². The van der Waals surface area contributed by atoms with Gasteiger partial charge in [-0.25, -0.2) is 26.9 Å². The van der Waals surface area contributed by atoms with Crippen LogP contribution < -0.4 is 10.5 Å². The number of hydrogen-bond acceptors (Lipinski definition) is 4. The van der Waals surface area contributed by atoms with Gasteiger partial charge in [-0.3, -0.25) is 0 Å². The monoisotopic (exact) mass is 428 g/mol. The number of benzene rings is 2. The fourth-order valence-corrected chi connectivity index (χ4v) is 3.55. The van der Waals surface area contributed by atoms with Crippen LogP contribution in [0.2, 0.25) is 0 Å². The number of nitrogens with zero attached hydrogens (tertiary/aromatic N) is 2. The minimum atomic E-state index is -3.65. The van der Waals surface area contributed by atoms with E-state index in [1.807, 2.05) is 0 Å². The normalized spacial score (nSPS) is 12.2. The molecule has 0 unspecified atom stereocenters. The standard InChI is InChI=1S/C18H18F2N4O2S.ClH/c1-22-27(25,26)15-4-2-3-12(7-15)16-8-14(20)9-17-18(16)23-11-24(17)10-13(19)5-6-21;/h2-5,7-9,11,22H,6,10,21H2,1H3;1H/b13-5-;. The number of halogens is 3. The number of fused-ring (bicyclic) bond motifs is 1. The molecule has 0 radical (unpaired) electrons. The zero-order valence-corrected chi connectivity index (χ0v) is 16.5. The zero-order chi connectivity index (χ0) is 19.6. The predicted octanol–water partition coefficient (Wildman–Crippen LogP) is 2.98. The fourth-order valence-electron chi connectivity index (χ4n) is 2.78. The number of sulfonamides is 1. The van der Waals surface area contributed by atoms with Crippen molar-refractivity contribution in [3.63, 3.8) is 0 Å². The minimum Gasteiger partial charge on any atom is -0.327 e. The lowest BCUT2D eigenvalue weighted by Crippen LogP contribution is -2.18. The van der Waals surface area contributed by atoms with E-state index in [1.54, 1.807) is 12.1 Å². The summed E-state index contributed by atoms with van der Waals surface area (Å²) in [6, 6.07) is 8.64. The molecule has 3 rings (SSSR count). The van der Waals surface area contributed by atoms with Gasteiger partial charge in [0, 0.05) is 12.1 Å². The van der Waals surface area contributed by atoms with Gasteiger partial charge >= 0.3 is 0 Å². The Bertz CT molecular complexity index is 1130. The molecule has 150 valence electrons. The van der Waals surface area contributed by atoms with Gasteiger partial charge in [-0.2, -0.15) is 0 Å². The second-order valence-corrected chi connectivity index (χ2v) is 7.70. The Labute approximate surface area is 167 Å². The molecule has 1 aromatic heterocycles. The van der Waals surface area contributed by atoms with Crippen molar-refractivity contribution >= 4 is 33.5 Å². The van der Waals surface area contributed by atoms with Crippen molar-refractivity contribution < 1.29 is 17.2 Å². The summed E-state index contributed by atoms with van der Waals surface area (Å²) in [4.78, 5) is 4.32. The zero-order valence-electron chi connectivity index (χ0n) is 14.9. The van der Waals surface area contributed by atoms with Gasteiger partial charge in [0.15, 0.2) is 0 Å². The van der Waals surface area contributed by atoms with Gasteiger partial charge < -0.3 is 10.3 Å². The van der Waals surface area contributed by atoms with E-state index in [0.29, 0.717) is 22.2 Å². The summed E-state index contributed by atoms with van der Waals surface area (Å²) in [7, 11) is -2.33. The third kappa shape index (κ3) is 4.39. The second kappa shape index (κ2) is 8.78. The van der Waals surface area contributed by atoms with E-state index >= 15 is 0 Å². The van der Waals surface area contributed by atoms with Crippen molar-refractivity contribution in [2.45, 2.75) is 11.4 Å². The molecular weight excluding hydrogens is 410 g/mol. The first-order chi connectivity index (χ1) is 12.9. The Kier molecular flexibility index (Phi) is 6.89. The highest BCUT2D eigenvalue weighted by atomic mass is 35.5. The van der Waals surface area contributed by atoms with E-state index in [0.717, 1.165) is 0 Å². The minimum absolute atomic E-state index is 0. The molecule has 0 amide bonds. The summed E-state index contributed by atoms with van der Waals surface area (Å²) < 4.78 is 55.8. The van der Waals surface area contributed by atoms with Crippen LogP contribution in [0, 0.1) is 5.82 Å². The molecule has 3 aromatic rings. The molecule has 0 atom stereocenters. The Morgan fingerprint density at radius 3 is 2.75 bits per heavy atom. The average molecular weight is 429 g/mol. The molecule has 0 aliphatic rings. The van der Waals surface area contributed by atoms with Crippen LogP contribution in [0.4, 0.5) is 8.78 Å². The van der Waals surface area contributed by atoms with Crippen molar-refractivity contribution in [1.82, 2.24) is 14.3 Å². The summed E-state index contributed by atoms with van der Waals surface area (Å²) in [6.45, 7) is -0.0599. The Morgan fingerprint density at radius 2 is 2.07 bits per heavy atom. The molecule has 3 N–H and O–H groups in total. The Hall–Kier alpha value is -2.33. The van der Waals surface area contributed by atoms with Crippen LogP contribution in [0.15, 0.2) is 59.5 Å². The summed E-state index contributed by atoms with van der Waals surface area (Å²) >= 11 is 0. The molecule has 0 aliphatic carbocycles. The van der Waals surface area contributed by atoms with E-state index in [1.165, 1.54) is 48.3 Å². The average Bonchev–Trinajstić information content (AvgIpc) is 3.04. The first kappa shape index (κ1) is 22.0. The molecule has 10 heteroatoms. The lowest BCUT2D eigenvalue weighted by molar-refractivity contribution is 0.557. The van der Waals surface area contributed by atoms with Crippen LogP contribution in [0.5, 0.6) is 0 Å². The molecule has 0 saturated heterocycles. The lowest BCUT2D eigenvalue weighted by atomic mass is 10.0. The van der Waals surface area contributed by atoms with E-state index in [9.17, 15) is 17.2 Å². The number of allylic oxidation sites excluding steroid dienone is 1. The van der Waals surface area contributed by atoms with Crippen LogP contribution in [-0.2, 0) is 16.6 Å². The highest BCUT2D eigenvalue weighted by Crippen LogP contribution is 2.30. The predicted molar refractivity (Wildman–Crippen MR) is 107 cm³/mol. The fraction of sp³-hybridized carbons (Fsp3) is 0.167. The number of nitrogens with two attached hydrogens (primary N) is 1. The summed E-state index contributed by atoms with van der Waals surface area (Å²) in [5.74, 6) is -0.992. The number of imidazole rings is 1. The van der Waals surface area contributed by atoms with Gasteiger partial charge in [0.2, 0.25) is 10.0 Å². The van der Waals surface area contributed by atoms with Gasteiger partial charge in [-0.05, 0) is 43.0 Å². The van der Waals surface area contributed by atoms with Crippen LogP contribution >= 0.6 is 12.4 Å². The van der Waals surface area contributed by atoms with E-state index < -0.39 is 21.7 Å². The third-order valence-electron chi connectivity index (χ3n) is 4.08. The maximum atomic E-state index is 14.2. The number of hydrogen-bond donors (Lipinski definition) is 2. The molecule has 1 heterocycles. The second-order valence-electron chi connectivity index (χ2n) is 5.82. The summed E-state index contributed by atoms with van der Waals surface area (Å²) in [5, 5.41) is 0. The van der Waals surface area contributed by atoms with Gasteiger partial charge in [0.25, 0.3) is 0 Å². The molecule has 0 fully saturated rings. The van der Waals surface area contributed by atoms with E-state index in [2.05, 4.69) is 9.71 Å². The van der Waals surface area contributed by atoms with E-state index in [4.69, 9.17) is 5.73 Å². The maximum Gasteiger partial charge on any atom is 0.240 e. The van der Waals surface area contributed by atoms with Crippen molar-refractivity contribution in [3.8, 4) is 11.1 Å². The Morgan fingerprint density at radius 1 is 1.32 bits per heavy atom. The quantitative estimate of drug-likeness (QED) is 0.631. The highest BCUT2D eigenvalue weighted by Gasteiger charge is 2.16. The molecule has 28 heavy (non-hydrogen) atoms. The van der Waals surface area contributed by atoms with Gasteiger partial charge in [0.1, 0.15) is 11.6 Å². The molecular formula is C18H19ClF2N4O2S. The molecule has 0 spiro atoms. The largest absolute Gasteiger partial charge is 0.327 e. The van der Waals surface area contributed by atoms with Crippen LogP contribution in [0.1, 0.15) is 0 Å². The topological polar surface area (TPSA) is 90.0 Å². The summed E-state index contributed by atoms with van der Waals surface area (Å²) in [6.07, 6.45) is 2.64. The van der Waals surface area contributed by atoms with Crippen molar-refractivity contribution in [1.29, 1.82) is 0 Å². The first-order valence-electron chi connectivity index (χ1n) is 8.08. The molecule has 2 aromatic carbocycles. The SMILES string of the molecule is CNS(=O)(=O)c1cccc(-c2cc(F)cc3c2ncn3C/C(F)=C/CN)c1.Cl. The number of nitrogens with one attached hydrogen (secondary N) is 1. The number of aromatic nitrogens is 2. The molecule has 6 nitrogen and oxygen atoms in total. The van der Waals surface area contributed by atoms with Crippen LogP contribution in [-0.4, -0.2) is 31.6 Å². The molecule has 0 aliphatic heterocycles. The third-order valence-corrected chi connectivity index (χ3v) is 5.49.